The van der Waals surface area contributed by atoms with Crippen molar-refractivity contribution in [3.8, 4) is 23.0 Å². The van der Waals surface area contributed by atoms with Gasteiger partial charge in [-0.15, -0.1) is 0 Å². The Kier molecular flexibility index (Phi) is 6.95. The topological polar surface area (TPSA) is 44.9 Å². The molecule has 8 rings (SSSR count). The van der Waals surface area contributed by atoms with E-state index in [1.54, 1.807) is 0 Å². The molecule has 0 saturated heterocycles. The molecule has 0 unspecified atom stereocenters. The second-order valence-corrected chi connectivity index (χ2v) is 14.1. The molecule has 0 N–H and O–H groups in total. The molecular weight excluding hydrogens is 589 g/mol. The maximum absolute atomic E-state index is 6.55. The van der Waals surface area contributed by atoms with E-state index in [1.165, 1.54) is 22.1 Å². The lowest BCUT2D eigenvalue weighted by Crippen LogP contribution is -2.19. The molecule has 3 heterocycles. The van der Waals surface area contributed by atoms with Crippen LogP contribution in [0.4, 0.5) is 0 Å². The lowest BCUT2D eigenvalue weighted by molar-refractivity contribution is 0.483. The first kappa shape index (κ1) is 29.7. The highest BCUT2D eigenvalue weighted by Gasteiger charge is 2.25. The molecular formula is C43H38N4O. The predicted octanol–water partition coefficient (Wildman–Crippen LogP) is 10.9. The predicted molar refractivity (Wildman–Crippen MR) is 197 cm³/mol. The molecule has 0 aliphatic rings. The van der Waals surface area contributed by atoms with Gasteiger partial charge in [0.15, 0.2) is 0 Å². The maximum atomic E-state index is 6.55. The summed E-state index contributed by atoms with van der Waals surface area (Å²) in [5.41, 5.74) is 7.65. The fourth-order valence-electron chi connectivity index (χ4n) is 6.65. The lowest BCUT2D eigenvalue weighted by atomic mass is 9.78. The van der Waals surface area contributed by atoms with Crippen LogP contribution >= 0.6 is 0 Å². The van der Waals surface area contributed by atoms with Gasteiger partial charge in [-0.25, -0.2) is 9.67 Å². The van der Waals surface area contributed by atoms with Crippen LogP contribution in [0.5, 0.6) is 11.5 Å². The Morgan fingerprint density at radius 3 is 2.19 bits per heavy atom. The summed E-state index contributed by atoms with van der Waals surface area (Å²) in [5, 5.41) is 8.22. The number of pyridine rings is 1. The Morgan fingerprint density at radius 2 is 1.38 bits per heavy atom. The van der Waals surface area contributed by atoms with E-state index in [-0.39, 0.29) is 10.8 Å². The van der Waals surface area contributed by atoms with Gasteiger partial charge in [-0.2, -0.15) is 5.10 Å². The second kappa shape index (κ2) is 11.2. The van der Waals surface area contributed by atoms with Gasteiger partial charge < -0.3 is 4.74 Å². The molecule has 48 heavy (non-hydrogen) atoms. The normalized spacial score (nSPS) is 12.3. The number of aromatic nitrogens is 4. The van der Waals surface area contributed by atoms with Crippen LogP contribution in [-0.4, -0.2) is 19.3 Å². The molecule has 3 aromatic heterocycles. The molecule has 0 aliphatic carbocycles. The molecule has 8 aromatic rings. The summed E-state index contributed by atoms with van der Waals surface area (Å²) in [7, 11) is 0. The molecule has 0 fully saturated rings. The van der Waals surface area contributed by atoms with Crippen LogP contribution in [0.2, 0.25) is 0 Å². The fourth-order valence-corrected chi connectivity index (χ4v) is 6.65. The first-order valence-corrected chi connectivity index (χ1v) is 16.5. The minimum absolute atomic E-state index is 0.0228. The van der Waals surface area contributed by atoms with E-state index in [0.717, 1.165) is 50.3 Å². The van der Waals surface area contributed by atoms with Crippen LogP contribution in [0.3, 0.4) is 0 Å². The van der Waals surface area contributed by atoms with Gasteiger partial charge in [-0.1, -0.05) is 95.3 Å². The summed E-state index contributed by atoms with van der Waals surface area (Å²) >= 11 is 0. The van der Waals surface area contributed by atoms with Crippen molar-refractivity contribution < 1.29 is 4.74 Å². The minimum Gasteiger partial charge on any atom is -0.457 e. The Morgan fingerprint density at radius 1 is 0.583 bits per heavy atom. The molecule has 0 atom stereocenters. The molecule has 5 aromatic carbocycles. The number of benzene rings is 5. The molecule has 0 amide bonds. The van der Waals surface area contributed by atoms with Gasteiger partial charge in [0.05, 0.1) is 22.2 Å². The Bertz CT molecular complexity index is 2410. The van der Waals surface area contributed by atoms with Crippen molar-refractivity contribution >= 4 is 32.7 Å². The zero-order chi connectivity index (χ0) is 33.0. The van der Waals surface area contributed by atoms with E-state index in [2.05, 4.69) is 124 Å². The summed E-state index contributed by atoms with van der Waals surface area (Å²) in [5.74, 6) is 2.38. The number of nitrogens with zero attached hydrogens (tertiary/aromatic N) is 4. The van der Waals surface area contributed by atoms with E-state index in [1.807, 2.05) is 59.5 Å². The van der Waals surface area contributed by atoms with Crippen molar-refractivity contribution in [2.45, 2.75) is 45.4 Å². The lowest BCUT2D eigenvalue weighted by Gasteiger charge is -2.26. The highest BCUT2D eigenvalue weighted by molar-refractivity contribution is 6.09. The van der Waals surface area contributed by atoms with E-state index in [0.29, 0.717) is 0 Å². The first-order chi connectivity index (χ1) is 23.1. The zero-order valence-corrected chi connectivity index (χ0v) is 28.0. The summed E-state index contributed by atoms with van der Waals surface area (Å²) in [6, 6.07) is 44.4. The third kappa shape index (κ3) is 5.22. The second-order valence-electron chi connectivity index (χ2n) is 14.1. The van der Waals surface area contributed by atoms with Crippen LogP contribution in [0.25, 0.3) is 44.2 Å². The summed E-state index contributed by atoms with van der Waals surface area (Å²) in [6.45, 7) is 11.3. The minimum atomic E-state index is -0.198. The maximum Gasteiger partial charge on any atom is 0.137 e. The SMILES string of the molecule is CC(C)(C)c1ccc2c(c1)c1ccc(Oc3cccc(-n4cc5ccccc5n4)c3)cc1n2-c1cc(C(C)(C)c2ccccc2)ccn1. The highest BCUT2D eigenvalue weighted by Crippen LogP contribution is 2.39. The summed E-state index contributed by atoms with van der Waals surface area (Å²) in [4.78, 5) is 4.95. The average molecular weight is 627 g/mol. The van der Waals surface area contributed by atoms with Crippen molar-refractivity contribution in [2.75, 3.05) is 0 Å². The van der Waals surface area contributed by atoms with Crippen LogP contribution in [0.1, 0.15) is 51.3 Å². The molecule has 0 saturated carbocycles. The highest BCUT2D eigenvalue weighted by atomic mass is 16.5. The van der Waals surface area contributed by atoms with Gasteiger partial charge in [0.1, 0.15) is 17.3 Å². The molecule has 0 spiro atoms. The number of fused-ring (bicyclic) bond motifs is 4. The Labute approximate surface area is 281 Å². The van der Waals surface area contributed by atoms with Gasteiger partial charge >= 0.3 is 0 Å². The quantitative estimate of drug-likeness (QED) is 0.184. The van der Waals surface area contributed by atoms with E-state index < -0.39 is 0 Å². The Hall–Kier alpha value is -5.68. The molecule has 5 nitrogen and oxygen atoms in total. The molecule has 5 heteroatoms. The van der Waals surface area contributed by atoms with Crippen molar-refractivity contribution in [2.24, 2.45) is 0 Å². The molecule has 236 valence electrons. The zero-order valence-electron chi connectivity index (χ0n) is 28.0. The van der Waals surface area contributed by atoms with E-state index in [9.17, 15) is 0 Å². The van der Waals surface area contributed by atoms with Crippen LogP contribution in [0.15, 0.2) is 140 Å². The summed E-state index contributed by atoms with van der Waals surface area (Å²) in [6.07, 6.45) is 3.98. The van der Waals surface area contributed by atoms with Gasteiger partial charge in [0, 0.05) is 46.1 Å². The van der Waals surface area contributed by atoms with Crippen molar-refractivity contribution in [3.05, 3.63) is 156 Å². The van der Waals surface area contributed by atoms with Crippen molar-refractivity contribution in [1.29, 1.82) is 0 Å². The molecule has 0 bridgehead atoms. The monoisotopic (exact) mass is 626 g/mol. The van der Waals surface area contributed by atoms with E-state index >= 15 is 0 Å². The average Bonchev–Trinajstić information content (AvgIpc) is 3.67. The van der Waals surface area contributed by atoms with Gasteiger partial charge in [-0.3, -0.25) is 4.57 Å². The van der Waals surface area contributed by atoms with Crippen LogP contribution in [-0.2, 0) is 10.8 Å². The molecule has 0 radical (unpaired) electrons. The summed E-state index contributed by atoms with van der Waals surface area (Å²) < 4.78 is 10.7. The largest absolute Gasteiger partial charge is 0.457 e. The third-order valence-electron chi connectivity index (χ3n) is 9.53. The standard InChI is InChI=1S/C43H38N4O/c1-42(2,3)31-18-21-39-37(24-31)36-20-19-35(48-34-16-11-15-33(26-34)46-28-29-12-9-10-17-38(29)45-46)27-40(36)47(39)41-25-32(22-23-44-41)43(4,5)30-13-7-6-8-14-30/h6-28H,1-5H3. The fraction of sp³-hybridized carbons (Fsp3) is 0.163. The van der Waals surface area contributed by atoms with Gasteiger partial charge in [0.2, 0.25) is 0 Å². The van der Waals surface area contributed by atoms with E-state index in [4.69, 9.17) is 14.8 Å². The van der Waals surface area contributed by atoms with Crippen molar-refractivity contribution in [1.82, 2.24) is 19.3 Å². The number of ether oxygens (including phenoxy) is 1. The smallest absolute Gasteiger partial charge is 0.137 e. The van der Waals surface area contributed by atoms with Crippen molar-refractivity contribution in [3.63, 3.8) is 0 Å². The Balaban J connectivity index is 1.25. The van der Waals surface area contributed by atoms with Gasteiger partial charge in [0.25, 0.3) is 0 Å². The molecule has 0 aliphatic heterocycles. The third-order valence-corrected chi connectivity index (χ3v) is 9.53. The van der Waals surface area contributed by atoms with Crippen LogP contribution in [0, 0.1) is 0 Å². The first-order valence-electron chi connectivity index (χ1n) is 16.5. The number of hydrogen-bond donors (Lipinski definition) is 0. The van der Waals surface area contributed by atoms with Gasteiger partial charge in [-0.05, 0) is 76.7 Å². The number of rotatable bonds is 6. The van der Waals surface area contributed by atoms with Crippen LogP contribution < -0.4 is 4.74 Å². The number of hydrogen-bond acceptors (Lipinski definition) is 3.